The fraction of sp³-hybridized carbons (Fsp3) is 0.727. The van der Waals surface area contributed by atoms with Gasteiger partial charge < -0.3 is 24.8 Å². The van der Waals surface area contributed by atoms with Crippen molar-refractivity contribution >= 4 is 23.6 Å². The lowest BCUT2D eigenvalue weighted by Gasteiger charge is -2.35. The van der Waals surface area contributed by atoms with Crippen LogP contribution in [0.15, 0.2) is 12.4 Å². The van der Waals surface area contributed by atoms with E-state index in [-0.39, 0.29) is 12.0 Å². The molecule has 2 saturated heterocycles. The van der Waals surface area contributed by atoms with Crippen molar-refractivity contribution in [2.75, 3.05) is 62.6 Å². The number of nitrogens with zero attached hydrogens (tertiary/aromatic N) is 5. The summed E-state index contributed by atoms with van der Waals surface area (Å²) < 4.78 is 5.04. The smallest absolute Gasteiger partial charge is 0.409 e. The van der Waals surface area contributed by atoms with Gasteiger partial charge in [0.25, 0.3) is 0 Å². The van der Waals surface area contributed by atoms with Gasteiger partial charge in [-0.05, 0) is 38.5 Å². The third-order valence-electron chi connectivity index (χ3n) is 5.98. The van der Waals surface area contributed by atoms with Crippen LogP contribution in [-0.4, -0.2) is 84.2 Å². The fourth-order valence-corrected chi connectivity index (χ4v) is 4.22. The zero-order chi connectivity index (χ0) is 22.1. The molecule has 1 aromatic rings. The standard InChI is InChI=1S/C22H36N6O3/c1-3-9-23-19-15-20(25-17-24-19)28-10-5-6-18(16-28)7-8-21(29)26-11-13-27(14-12-26)22(30)31-4-2/h15,17-18H,3-14,16H2,1-2H3,(H,23,24,25). The number of amides is 2. The van der Waals surface area contributed by atoms with Crippen molar-refractivity contribution in [3.63, 3.8) is 0 Å². The van der Waals surface area contributed by atoms with Crippen molar-refractivity contribution < 1.29 is 14.3 Å². The second-order valence-corrected chi connectivity index (χ2v) is 8.25. The molecule has 9 heteroatoms. The third kappa shape index (κ3) is 6.70. The Balaban J connectivity index is 1.44. The van der Waals surface area contributed by atoms with E-state index in [1.807, 2.05) is 11.0 Å². The highest BCUT2D eigenvalue weighted by Crippen LogP contribution is 2.26. The normalized spacial score (nSPS) is 19.3. The maximum Gasteiger partial charge on any atom is 0.409 e. The molecule has 1 atom stereocenters. The minimum atomic E-state index is -0.283. The molecular weight excluding hydrogens is 396 g/mol. The van der Waals surface area contributed by atoms with E-state index in [1.165, 1.54) is 0 Å². The van der Waals surface area contributed by atoms with Crippen molar-refractivity contribution in [1.29, 1.82) is 0 Å². The van der Waals surface area contributed by atoms with Gasteiger partial charge in [0, 0.05) is 58.3 Å². The van der Waals surface area contributed by atoms with Crippen LogP contribution >= 0.6 is 0 Å². The Labute approximate surface area is 185 Å². The Morgan fingerprint density at radius 1 is 1.13 bits per heavy atom. The van der Waals surface area contributed by atoms with E-state index in [2.05, 4.69) is 27.1 Å². The van der Waals surface area contributed by atoms with Crippen LogP contribution in [-0.2, 0) is 9.53 Å². The van der Waals surface area contributed by atoms with Gasteiger partial charge in [-0.15, -0.1) is 0 Å². The summed E-state index contributed by atoms with van der Waals surface area (Å²) >= 11 is 0. The van der Waals surface area contributed by atoms with Gasteiger partial charge in [0.05, 0.1) is 6.61 Å². The number of ether oxygens (including phenoxy) is 1. The molecule has 172 valence electrons. The molecule has 0 spiro atoms. The number of nitrogens with one attached hydrogen (secondary N) is 1. The molecule has 0 aliphatic carbocycles. The lowest BCUT2D eigenvalue weighted by molar-refractivity contribution is -0.133. The minimum Gasteiger partial charge on any atom is -0.450 e. The van der Waals surface area contributed by atoms with E-state index in [9.17, 15) is 9.59 Å². The van der Waals surface area contributed by atoms with Crippen molar-refractivity contribution in [2.45, 2.75) is 46.0 Å². The van der Waals surface area contributed by atoms with Crippen LogP contribution in [0.25, 0.3) is 0 Å². The first-order valence-corrected chi connectivity index (χ1v) is 11.6. The Morgan fingerprint density at radius 3 is 2.65 bits per heavy atom. The summed E-state index contributed by atoms with van der Waals surface area (Å²) in [5.74, 6) is 2.50. The van der Waals surface area contributed by atoms with Crippen LogP contribution in [0.3, 0.4) is 0 Å². The van der Waals surface area contributed by atoms with Gasteiger partial charge in [0.1, 0.15) is 18.0 Å². The first-order valence-electron chi connectivity index (χ1n) is 11.6. The summed E-state index contributed by atoms with van der Waals surface area (Å²) in [6.45, 7) is 9.39. The first-order chi connectivity index (χ1) is 15.1. The number of carbonyl (C=O) groups is 2. The van der Waals surface area contributed by atoms with E-state index in [0.29, 0.717) is 45.1 Å². The molecule has 1 N–H and O–H groups in total. The van der Waals surface area contributed by atoms with E-state index < -0.39 is 0 Å². The van der Waals surface area contributed by atoms with Crippen molar-refractivity contribution in [3.8, 4) is 0 Å². The van der Waals surface area contributed by atoms with E-state index in [1.54, 1.807) is 18.2 Å². The van der Waals surface area contributed by atoms with Crippen molar-refractivity contribution in [3.05, 3.63) is 12.4 Å². The number of hydrogen-bond acceptors (Lipinski definition) is 7. The predicted octanol–water partition coefficient (Wildman–Crippen LogP) is 2.60. The van der Waals surface area contributed by atoms with E-state index in [0.717, 1.165) is 57.0 Å². The molecule has 9 nitrogen and oxygen atoms in total. The minimum absolute atomic E-state index is 0.189. The van der Waals surface area contributed by atoms with Crippen LogP contribution in [0.4, 0.5) is 16.4 Å². The highest BCUT2D eigenvalue weighted by Gasteiger charge is 2.26. The Morgan fingerprint density at radius 2 is 1.90 bits per heavy atom. The highest BCUT2D eigenvalue weighted by molar-refractivity contribution is 5.76. The molecule has 0 bridgehead atoms. The summed E-state index contributed by atoms with van der Waals surface area (Å²) in [5, 5.41) is 3.32. The van der Waals surface area contributed by atoms with Crippen LogP contribution < -0.4 is 10.2 Å². The molecule has 2 amide bonds. The molecule has 3 heterocycles. The second-order valence-electron chi connectivity index (χ2n) is 8.25. The average Bonchev–Trinajstić information content (AvgIpc) is 2.82. The highest BCUT2D eigenvalue weighted by atomic mass is 16.6. The predicted molar refractivity (Wildman–Crippen MR) is 120 cm³/mol. The monoisotopic (exact) mass is 432 g/mol. The number of anilines is 2. The summed E-state index contributed by atoms with van der Waals surface area (Å²) in [4.78, 5) is 39.1. The van der Waals surface area contributed by atoms with Crippen molar-refractivity contribution in [2.24, 2.45) is 5.92 Å². The number of carbonyl (C=O) groups excluding carboxylic acids is 2. The Kier molecular flexibility index (Phi) is 8.73. The zero-order valence-electron chi connectivity index (χ0n) is 18.9. The van der Waals surface area contributed by atoms with Crippen molar-refractivity contribution in [1.82, 2.24) is 19.8 Å². The van der Waals surface area contributed by atoms with Crippen LogP contribution in [0, 0.1) is 5.92 Å². The third-order valence-corrected chi connectivity index (χ3v) is 5.98. The molecule has 1 aromatic heterocycles. The molecule has 0 radical (unpaired) electrons. The number of piperidine rings is 1. The van der Waals surface area contributed by atoms with Crippen LogP contribution in [0.2, 0.25) is 0 Å². The van der Waals surface area contributed by atoms with E-state index >= 15 is 0 Å². The Hall–Kier alpha value is -2.58. The van der Waals surface area contributed by atoms with E-state index in [4.69, 9.17) is 4.74 Å². The first kappa shape index (κ1) is 23.1. The second kappa shape index (κ2) is 11.7. The zero-order valence-corrected chi connectivity index (χ0v) is 18.9. The van der Waals surface area contributed by atoms with Gasteiger partial charge >= 0.3 is 6.09 Å². The molecule has 3 rings (SSSR count). The average molecular weight is 433 g/mol. The van der Waals surface area contributed by atoms with Gasteiger partial charge in [-0.3, -0.25) is 4.79 Å². The lowest BCUT2D eigenvalue weighted by Crippen LogP contribution is -2.50. The molecule has 2 aliphatic rings. The molecule has 2 fully saturated rings. The largest absolute Gasteiger partial charge is 0.450 e. The molecule has 0 saturated carbocycles. The number of rotatable bonds is 8. The number of hydrogen-bond donors (Lipinski definition) is 1. The quantitative estimate of drug-likeness (QED) is 0.675. The summed E-state index contributed by atoms with van der Waals surface area (Å²) in [6.07, 6.45) is 6.10. The van der Waals surface area contributed by atoms with Gasteiger partial charge in [0.2, 0.25) is 5.91 Å². The number of aromatic nitrogens is 2. The van der Waals surface area contributed by atoms with Crippen LogP contribution in [0.5, 0.6) is 0 Å². The van der Waals surface area contributed by atoms with Gasteiger partial charge in [-0.2, -0.15) is 0 Å². The summed E-state index contributed by atoms with van der Waals surface area (Å²) in [6, 6.07) is 2.02. The molecular formula is C22H36N6O3. The number of piperazine rings is 1. The molecule has 2 aliphatic heterocycles. The molecule has 1 unspecified atom stereocenters. The fourth-order valence-electron chi connectivity index (χ4n) is 4.22. The summed E-state index contributed by atoms with van der Waals surface area (Å²) in [5.41, 5.74) is 0. The van der Waals surface area contributed by atoms with Gasteiger partial charge in [0.15, 0.2) is 0 Å². The topological polar surface area (TPSA) is 90.9 Å². The maximum absolute atomic E-state index is 12.7. The Bertz CT molecular complexity index is 723. The summed E-state index contributed by atoms with van der Waals surface area (Å²) in [7, 11) is 0. The molecule has 0 aromatic carbocycles. The lowest BCUT2D eigenvalue weighted by atomic mass is 9.93. The van der Waals surface area contributed by atoms with Crippen LogP contribution in [0.1, 0.15) is 46.0 Å². The van der Waals surface area contributed by atoms with Gasteiger partial charge in [-0.1, -0.05) is 6.92 Å². The molecule has 31 heavy (non-hydrogen) atoms. The maximum atomic E-state index is 12.7. The SMILES string of the molecule is CCCNc1cc(N2CCCC(CCC(=O)N3CCN(C(=O)OCC)CC3)C2)ncn1. The van der Waals surface area contributed by atoms with Gasteiger partial charge in [-0.25, -0.2) is 14.8 Å².